The number of anilines is 1. The summed E-state index contributed by atoms with van der Waals surface area (Å²) < 4.78 is 13.6. The summed E-state index contributed by atoms with van der Waals surface area (Å²) in [5.74, 6) is 2.91. The Kier molecular flexibility index (Phi) is 6.12. The van der Waals surface area contributed by atoms with E-state index in [2.05, 4.69) is 48.8 Å². The Morgan fingerprint density at radius 2 is 1.89 bits per heavy atom. The molecule has 0 aliphatic carbocycles. The molecule has 7 nitrogen and oxygen atoms in total. The van der Waals surface area contributed by atoms with Crippen molar-refractivity contribution >= 4 is 5.95 Å². The van der Waals surface area contributed by atoms with Crippen LogP contribution in [0.15, 0.2) is 24.3 Å². The van der Waals surface area contributed by atoms with Crippen molar-refractivity contribution in [3.63, 3.8) is 0 Å². The molecule has 7 heteroatoms. The highest BCUT2D eigenvalue weighted by Crippen LogP contribution is 2.21. The van der Waals surface area contributed by atoms with Crippen LogP contribution in [0.1, 0.15) is 31.2 Å². The highest BCUT2D eigenvalue weighted by atomic mass is 16.5. The first-order valence-corrected chi connectivity index (χ1v) is 10.4. The van der Waals surface area contributed by atoms with Crippen molar-refractivity contribution in [2.75, 3.05) is 44.3 Å². The third kappa shape index (κ3) is 4.47. The third-order valence-electron chi connectivity index (χ3n) is 5.62. The maximum Gasteiger partial charge on any atom is 0.227 e. The standard InChI is InChI=1S/C21H31N5O2/c1-3-27-19-8-6-18(7-9-19)15-24-10-12-25(13-11-24)21-23-22-17(2)26(21)16-20-5-4-14-28-20/h6-9,20H,3-5,10-16H2,1-2H3. The molecule has 2 aliphatic heterocycles. The first-order chi connectivity index (χ1) is 13.7. The maximum atomic E-state index is 5.82. The zero-order valence-corrected chi connectivity index (χ0v) is 17.0. The fourth-order valence-corrected chi connectivity index (χ4v) is 4.03. The van der Waals surface area contributed by atoms with Gasteiger partial charge in [-0.2, -0.15) is 0 Å². The van der Waals surface area contributed by atoms with Crippen LogP contribution in [0.5, 0.6) is 5.75 Å². The van der Waals surface area contributed by atoms with Gasteiger partial charge in [-0.1, -0.05) is 12.1 Å². The second-order valence-corrected chi connectivity index (χ2v) is 7.63. The van der Waals surface area contributed by atoms with Gasteiger partial charge in [0.1, 0.15) is 11.6 Å². The highest BCUT2D eigenvalue weighted by molar-refractivity contribution is 5.32. The first-order valence-electron chi connectivity index (χ1n) is 10.4. The summed E-state index contributed by atoms with van der Waals surface area (Å²) in [6.45, 7) is 11.5. The number of ether oxygens (including phenoxy) is 2. The van der Waals surface area contributed by atoms with Crippen molar-refractivity contribution in [2.24, 2.45) is 0 Å². The van der Waals surface area contributed by atoms with Crippen molar-refractivity contribution in [1.29, 1.82) is 0 Å². The molecule has 2 saturated heterocycles. The van der Waals surface area contributed by atoms with Crippen molar-refractivity contribution < 1.29 is 9.47 Å². The number of rotatable bonds is 7. The number of hydrogen-bond acceptors (Lipinski definition) is 6. The number of aromatic nitrogens is 3. The van der Waals surface area contributed by atoms with Crippen LogP contribution in [0.25, 0.3) is 0 Å². The molecule has 1 aromatic carbocycles. The molecule has 0 N–H and O–H groups in total. The molecule has 0 amide bonds. The molecule has 2 aromatic rings. The third-order valence-corrected chi connectivity index (χ3v) is 5.62. The second-order valence-electron chi connectivity index (χ2n) is 7.63. The number of hydrogen-bond donors (Lipinski definition) is 0. The average molecular weight is 386 g/mol. The molecule has 0 radical (unpaired) electrons. The van der Waals surface area contributed by atoms with Gasteiger partial charge >= 0.3 is 0 Å². The van der Waals surface area contributed by atoms with Gasteiger partial charge in [0.05, 0.1) is 19.3 Å². The smallest absolute Gasteiger partial charge is 0.227 e. The fourth-order valence-electron chi connectivity index (χ4n) is 4.03. The lowest BCUT2D eigenvalue weighted by atomic mass is 10.2. The quantitative estimate of drug-likeness (QED) is 0.730. The van der Waals surface area contributed by atoms with E-state index in [4.69, 9.17) is 9.47 Å². The summed E-state index contributed by atoms with van der Waals surface area (Å²) in [5.41, 5.74) is 1.33. The lowest BCUT2D eigenvalue weighted by molar-refractivity contribution is 0.0965. The predicted molar refractivity (Wildman–Crippen MR) is 109 cm³/mol. The van der Waals surface area contributed by atoms with Crippen LogP contribution in [0, 0.1) is 6.92 Å². The van der Waals surface area contributed by atoms with Crippen LogP contribution in [0.4, 0.5) is 5.95 Å². The van der Waals surface area contributed by atoms with Gasteiger partial charge in [0, 0.05) is 39.3 Å². The minimum atomic E-state index is 0.300. The predicted octanol–water partition coefficient (Wildman–Crippen LogP) is 2.49. The molecule has 1 aromatic heterocycles. The Hall–Kier alpha value is -2.12. The second kappa shape index (κ2) is 8.92. The van der Waals surface area contributed by atoms with Crippen molar-refractivity contribution in [3.8, 4) is 5.75 Å². The lowest BCUT2D eigenvalue weighted by Crippen LogP contribution is -2.47. The first kappa shape index (κ1) is 19.2. The van der Waals surface area contributed by atoms with Gasteiger partial charge in [0.2, 0.25) is 5.95 Å². The number of benzene rings is 1. The van der Waals surface area contributed by atoms with Gasteiger partial charge in [-0.3, -0.25) is 9.47 Å². The molecular weight excluding hydrogens is 354 g/mol. The molecule has 1 atom stereocenters. The largest absolute Gasteiger partial charge is 0.494 e. The van der Waals surface area contributed by atoms with E-state index in [-0.39, 0.29) is 0 Å². The van der Waals surface area contributed by atoms with Crippen molar-refractivity contribution in [3.05, 3.63) is 35.7 Å². The molecule has 0 saturated carbocycles. The Bertz CT molecular complexity index is 747. The van der Waals surface area contributed by atoms with Gasteiger partial charge in [-0.15, -0.1) is 10.2 Å². The number of nitrogens with zero attached hydrogens (tertiary/aromatic N) is 5. The van der Waals surface area contributed by atoms with Gasteiger partial charge in [0.25, 0.3) is 0 Å². The Labute approximate surface area is 167 Å². The zero-order chi connectivity index (χ0) is 19.3. The van der Waals surface area contributed by atoms with Gasteiger partial charge < -0.3 is 14.4 Å². The summed E-state index contributed by atoms with van der Waals surface area (Å²) in [6.07, 6.45) is 2.59. The van der Waals surface area contributed by atoms with Crippen LogP contribution < -0.4 is 9.64 Å². The van der Waals surface area contributed by atoms with Crippen molar-refractivity contribution in [2.45, 2.75) is 45.9 Å². The summed E-state index contributed by atoms with van der Waals surface area (Å²) in [7, 11) is 0. The van der Waals surface area contributed by atoms with E-state index >= 15 is 0 Å². The number of piperazine rings is 1. The SMILES string of the molecule is CCOc1ccc(CN2CCN(c3nnc(C)n3CC3CCCO3)CC2)cc1. The average Bonchev–Trinajstić information content (AvgIpc) is 3.35. The summed E-state index contributed by atoms with van der Waals surface area (Å²) in [4.78, 5) is 4.86. The van der Waals surface area contributed by atoms with Gasteiger partial charge in [0.15, 0.2) is 0 Å². The fraction of sp³-hybridized carbons (Fsp3) is 0.619. The summed E-state index contributed by atoms with van der Waals surface area (Å²) in [6, 6.07) is 8.45. The molecule has 3 heterocycles. The molecular formula is C21H31N5O2. The van der Waals surface area contributed by atoms with Gasteiger partial charge in [-0.25, -0.2) is 0 Å². The van der Waals surface area contributed by atoms with Crippen LogP contribution in [-0.2, 0) is 17.8 Å². The Balaban J connectivity index is 1.33. The van der Waals surface area contributed by atoms with E-state index < -0.39 is 0 Å². The van der Waals surface area contributed by atoms with E-state index in [1.807, 2.05) is 13.8 Å². The zero-order valence-electron chi connectivity index (χ0n) is 17.0. The maximum absolute atomic E-state index is 5.82. The van der Waals surface area contributed by atoms with E-state index in [0.29, 0.717) is 12.7 Å². The van der Waals surface area contributed by atoms with E-state index in [1.54, 1.807) is 0 Å². The lowest BCUT2D eigenvalue weighted by Gasteiger charge is -2.35. The van der Waals surface area contributed by atoms with Crippen LogP contribution >= 0.6 is 0 Å². The van der Waals surface area contributed by atoms with E-state index in [9.17, 15) is 0 Å². The van der Waals surface area contributed by atoms with E-state index in [0.717, 1.165) is 76.2 Å². The van der Waals surface area contributed by atoms with Crippen LogP contribution in [0.2, 0.25) is 0 Å². The molecule has 0 spiro atoms. The van der Waals surface area contributed by atoms with Crippen LogP contribution in [0.3, 0.4) is 0 Å². The highest BCUT2D eigenvalue weighted by Gasteiger charge is 2.25. The Morgan fingerprint density at radius 3 is 2.57 bits per heavy atom. The molecule has 4 rings (SSSR count). The molecule has 0 bridgehead atoms. The topological polar surface area (TPSA) is 55.7 Å². The summed E-state index contributed by atoms with van der Waals surface area (Å²) >= 11 is 0. The molecule has 28 heavy (non-hydrogen) atoms. The normalized spacial score (nSPS) is 20.6. The minimum Gasteiger partial charge on any atom is -0.494 e. The summed E-state index contributed by atoms with van der Waals surface area (Å²) in [5, 5.41) is 8.80. The minimum absolute atomic E-state index is 0.300. The molecule has 1 unspecified atom stereocenters. The van der Waals surface area contributed by atoms with Crippen molar-refractivity contribution in [1.82, 2.24) is 19.7 Å². The monoisotopic (exact) mass is 385 g/mol. The van der Waals surface area contributed by atoms with E-state index in [1.165, 1.54) is 5.56 Å². The number of aryl methyl sites for hydroxylation is 1. The Morgan fingerprint density at radius 1 is 1.11 bits per heavy atom. The van der Waals surface area contributed by atoms with Gasteiger partial charge in [-0.05, 0) is 44.4 Å². The molecule has 2 fully saturated rings. The molecule has 152 valence electrons. The van der Waals surface area contributed by atoms with Crippen LogP contribution in [-0.4, -0.2) is 65.2 Å². The molecule has 2 aliphatic rings.